The van der Waals surface area contributed by atoms with Gasteiger partial charge in [-0.2, -0.15) is 10.4 Å². The summed E-state index contributed by atoms with van der Waals surface area (Å²) in [6.07, 6.45) is 8.01. The zero-order valence-corrected chi connectivity index (χ0v) is 21.4. The minimum Gasteiger partial charge on any atom is -0.442 e. The quantitative estimate of drug-likeness (QED) is 0.249. The molecule has 0 bridgehead atoms. The second kappa shape index (κ2) is 9.64. The van der Waals surface area contributed by atoms with Crippen molar-refractivity contribution in [2.75, 3.05) is 11.9 Å². The molecule has 180 valence electrons. The first-order valence-electron chi connectivity index (χ1n) is 12.0. The van der Waals surface area contributed by atoms with Gasteiger partial charge in [0.05, 0.1) is 35.6 Å². The van der Waals surface area contributed by atoms with Gasteiger partial charge in [0, 0.05) is 20.1 Å². The summed E-state index contributed by atoms with van der Waals surface area (Å²) in [6.45, 7) is 8.10. The van der Waals surface area contributed by atoms with Gasteiger partial charge in [-0.05, 0) is 54.6 Å². The first-order chi connectivity index (χ1) is 16.9. The van der Waals surface area contributed by atoms with E-state index >= 15 is 0 Å². The van der Waals surface area contributed by atoms with Crippen LogP contribution in [0.3, 0.4) is 0 Å². The molecule has 1 N–H and O–H groups in total. The predicted molar refractivity (Wildman–Crippen MR) is 138 cm³/mol. The van der Waals surface area contributed by atoms with Gasteiger partial charge in [0.1, 0.15) is 18.2 Å². The topological polar surface area (TPSA) is 102 Å². The highest BCUT2D eigenvalue weighted by atomic mass is 28.3. The molecule has 5 rings (SSSR count). The van der Waals surface area contributed by atoms with Crippen molar-refractivity contribution in [3.63, 3.8) is 0 Å². The lowest BCUT2D eigenvalue weighted by Gasteiger charge is -2.27. The molecule has 0 fully saturated rings. The van der Waals surface area contributed by atoms with Gasteiger partial charge in [0.15, 0.2) is 12.2 Å². The molecule has 1 unspecified atom stereocenters. The average Bonchev–Trinajstić information content (AvgIpc) is 3.49. The molecule has 1 aromatic carbocycles. The SMILES string of the molecule is C[Si](C)(C)CCOCn1nc(-c2cnco2)c2cc(NC3CCCc4cc(C#N)ccc43)ncc21. The third kappa shape index (κ3) is 5.14. The van der Waals surface area contributed by atoms with Crippen LogP contribution in [-0.2, 0) is 17.9 Å². The van der Waals surface area contributed by atoms with Gasteiger partial charge in [-0.3, -0.25) is 0 Å². The van der Waals surface area contributed by atoms with E-state index in [1.165, 1.54) is 17.5 Å². The highest BCUT2D eigenvalue weighted by Crippen LogP contribution is 2.34. The van der Waals surface area contributed by atoms with Crippen molar-refractivity contribution in [2.24, 2.45) is 0 Å². The number of nitrogens with one attached hydrogen (secondary N) is 1. The molecule has 9 heteroatoms. The van der Waals surface area contributed by atoms with Crippen LogP contribution in [0, 0.1) is 11.3 Å². The molecule has 1 atom stereocenters. The molecule has 3 heterocycles. The first kappa shape index (κ1) is 23.3. The highest BCUT2D eigenvalue weighted by Gasteiger charge is 2.22. The Morgan fingerprint density at radius 3 is 2.91 bits per heavy atom. The van der Waals surface area contributed by atoms with Crippen molar-refractivity contribution >= 4 is 24.8 Å². The summed E-state index contributed by atoms with van der Waals surface area (Å²) in [6, 6.07) is 11.5. The molecule has 3 aromatic heterocycles. The van der Waals surface area contributed by atoms with E-state index in [0.717, 1.165) is 54.3 Å². The second-order valence-electron chi connectivity index (χ2n) is 10.3. The molecular formula is C26H30N6O2Si. The molecule has 0 aliphatic heterocycles. The normalized spacial score (nSPS) is 15.7. The maximum atomic E-state index is 9.25. The Morgan fingerprint density at radius 1 is 1.26 bits per heavy atom. The first-order valence-corrected chi connectivity index (χ1v) is 15.7. The summed E-state index contributed by atoms with van der Waals surface area (Å²) in [5, 5.41) is 18.6. The predicted octanol–water partition coefficient (Wildman–Crippen LogP) is 5.76. The maximum absolute atomic E-state index is 9.25. The van der Waals surface area contributed by atoms with Crippen LogP contribution in [0.25, 0.3) is 22.4 Å². The summed E-state index contributed by atoms with van der Waals surface area (Å²) in [5.74, 6) is 1.39. The summed E-state index contributed by atoms with van der Waals surface area (Å²) in [7, 11) is -1.16. The van der Waals surface area contributed by atoms with Crippen LogP contribution in [0.4, 0.5) is 5.82 Å². The number of anilines is 1. The third-order valence-corrected chi connectivity index (χ3v) is 8.13. The Balaban J connectivity index is 1.42. The van der Waals surface area contributed by atoms with Gasteiger partial charge in [-0.15, -0.1) is 0 Å². The van der Waals surface area contributed by atoms with Crippen molar-refractivity contribution < 1.29 is 9.15 Å². The number of fused-ring (bicyclic) bond motifs is 2. The molecule has 8 nitrogen and oxygen atoms in total. The fourth-order valence-corrected chi connectivity index (χ4v) is 5.26. The maximum Gasteiger partial charge on any atom is 0.181 e. The Hall–Kier alpha value is -3.48. The van der Waals surface area contributed by atoms with Crippen LogP contribution in [0.1, 0.15) is 35.6 Å². The van der Waals surface area contributed by atoms with Gasteiger partial charge >= 0.3 is 0 Å². The van der Waals surface area contributed by atoms with E-state index in [9.17, 15) is 5.26 Å². The standard InChI is InChI=1S/C26H30N6O2Si/c1-35(2,3)10-9-33-17-32-23-14-29-25(12-21(23)26(31-32)24-15-28-16-34-24)30-22-6-4-5-19-11-18(13-27)7-8-20(19)22/h7-8,11-12,14-16,22H,4-6,9-10,17H2,1-3H3,(H,29,30). The Kier molecular flexibility index (Phi) is 6.41. The monoisotopic (exact) mass is 486 g/mol. The van der Waals surface area contributed by atoms with Crippen LogP contribution in [0.15, 0.2) is 47.5 Å². The molecule has 4 aromatic rings. The van der Waals surface area contributed by atoms with Crippen molar-refractivity contribution in [3.8, 4) is 17.5 Å². The number of nitrogens with zero attached hydrogens (tertiary/aromatic N) is 5. The third-order valence-electron chi connectivity index (χ3n) is 6.42. The molecule has 0 spiro atoms. The van der Waals surface area contributed by atoms with Gasteiger partial charge in [-0.25, -0.2) is 14.6 Å². The van der Waals surface area contributed by atoms with E-state index in [2.05, 4.69) is 42.1 Å². The van der Waals surface area contributed by atoms with Crippen molar-refractivity contribution in [1.82, 2.24) is 19.7 Å². The van der Waals surface area contributed by atoms with E-state index in [1.807, 2.05) is 29.1 Å². The van der Waals surface area contributed by atoms with E-state index in [-0.39, 0.29) is 6.04 Å². The van der Waals surface area contributed by atoms with Crippen LogP contribution >= 0.6 is 0 Å². The van der Waals surface area contributed by atoms with E-state index in [4.69, 9.17) is 19.2 Å². The molecule has 0 saturated carbocycles. The molecule has 1 aliphatic carbocycles. The van der Waals surface area contributed by atoms with Gasteiger partial charge in [-0.1, -0.05) is 25.7 Å². The van der Waals surface area contributed by atoms with Gasteiger partial charge < -0.3 is 14.5 Å². The number of nitriles is 1. The molecule has 35 heavy (non-hydrogen) atoms. The molecule has 0 saturated heterocycles. The number of ether oxygens (including phenoxy) is 1. The number of hydrogen-bond acceptors (Lipinski definition) is 7. The summed E-state index contributed by atoms with van der Waals surface area (Å²) in [5.41, 5.74) is 4.79. The lowest BCUT2D eigenvalue weighted by atomic mass is 9.86. The Morgan fingerprint density at radius 2 is 2.14 bits per heavy atom. The van der Waals surface area contributed by atoms with Crippen molar-refractivity contribution in [1.29, 1.82) is 5.26 Å². The zero-order chi connectivity index (χ0) is 24.4. The summed E-state index contributed by atoms with van der Waals surface area (Å²) < 4.78 is 13.4. The smallest absolute Gasteiger partial charge is 0.181 e. The lowest BCUT2D eigenvalue weighted by molar-refractivity contribution is 0.0818. The Bertz CT molecular complexity index is 1370. The zero-order valence-electron chi connectivity index (χ0n) is 20.4. The van der Waals surface area contributed by atoms with Crippen LogP contribution in [0.5, 0.6) is 0 Å². The Labute approximate surface area is 206 Å². The van der Waals surface area contributed by atoms with Crippen LogP contribution in [-0.4, -0.2) is 34.4 Å². The largest absolute Gasteiger partial charge is 0.442 e. The number of rotatable bonds is 8. The van der Waals surface area contributed by atoms with Crippen LogP contribution in [0.2, 0.25) is 25.7 Å². The van der Waals surface area contributed by atoms with E-state index in [1.54, 1.807) is 6.20 Å². The summed E-state index contributed by atoms with van der Waals surface area (Å²) in [4.78, 5) is 8.79. The minimum atomic E-state index is -1.16. The van der Waals surface area contributed by atoms with Crippen molar-refractivity contribution in [2.45, 2.75) is 57.7 Å². The number of aryl methyl sites for hydroxylation is 1. The van der Waals surface area contributed by atoms with Gasteiger partial charge in [0.25, 0.3) is 0 Å². The fraction of sp³-hybridized carbons (Fsp3) is 0.385. The summed E-state index contributed by atoms with van der Waals surface area (Å²) >= 11 is 0. The number of benzene rings is 1. The molecule has 0 radical (unpaired) electrons. The highest BCUT2D eigenvalue weighted by molar-refractivity contribution is 6.76. The fourth-order valence-electron chi connectivity index (χ4n) is 4.51. The van der Waals surface area contributed by atoms with E-state index in [0.29, 0.717) is 18.1 Å². The lowest BCUT2D eigenvalue weighted by Crippen LogP contribution is -2.22. The molecule has 0 amide bonds. The van der Waals surface area contributed by atoms with Crippen LogP contribution < -0.4 is 5.32 Å². The van der Waals surface area contributed by atoms with Crippen molar-refractivity contribution in [3.05, 3.63) is 59.7 Å². The second-order valence-corrected chi connectivity index (χ2v) is 15.9. The minimum absolute atomic E-state index is 0.144. The number of pyridine rings is 1. The van der Waals surface area contributed by atoms with Gasteiger partial charge in [0.2, 0.25) is 0 Å². The van der Waals surface area contributed by atoms with E-state index < -0.39 is 8.07 Å². The average molecular weight is 487 g/mol. The number of hydrogen-bond donors (Lipinski definition) is 1. The molecule has 1 aliphatic rings. The number of oxazole rings is 1. The molecular weight excluding hydrogens is 456 g/mol. The number of aromatic nitrogens is 4.